The summed E-state index contributed by atoms with van der Waals surface area (Å²) in [6, 6.07) is 6.46. The van der Waals surface area contributed by atoms with Crippen LogP contribution in [-0.2, 0) is 0 Å². The molecule has 0 saturated heterocycles. The second-order valence-corrected chi connectivity index (χ2v) is 4.90. The largest absolute Gasteiger partial charge is 0.367 e. The van der Waals surface area contributed by atoms with Crippen LogP contribution in [0.15, 0.2) is 18.2 Å². The fourth-order valence-corrected chi connectivity index (χ4v) is 1.06. The second-order valence-electron chi connectivity index (χ2n) is 4.90. The molecular formula is C12H20N2. The molecule has 1 unspecified atom stereocenters. The van der Waals surface area contributed by atoms with Crippen LogP contribution in [0.5, 0.6) is 0 Å². The summed E-state index contributed by atoms with van der Waals surface area (Å²) in [5.74, 6) is 0.965. The average Bonchev–Trinajstić information content (AvgIpc) is 2.02. The maximum atomic E-state index is 4.42. The zero-order valence-corrected chi connectivity index (χ0v) is 9.76. The van der Waals surface area contributed by atoms with Gasteiger partial charge in [-0.1, -0.05) is 26.8 Å². The highest BCUT2D eigenvalue weighted by Crippen LogP contribution is 2.21. The molecule has 0 saturated carbocycles. The summed E-state index contributed by atoms with van der Waals surface area (Å²) in [5, 5.41) is 3.41. The van der Waals surface area contributed by atoms with Crippen LogP contribution in [-0.4, -0.2) is 11.0 Å². The molecule has 2 nitrogen and oxygen atoms in total. The summed E-state index contributed by atoms with van der Waals surface area (Å²) in [5.41, 5.74) is 1.31. The van der Waals surface area contributed by atoms with Gasteiger partial charge < -0.3 is 5.32 Å². The minimum absolute atomic E-state index is 0.255. The highest BCUT2D eigenvalue weighted by molar-refractivity contribution is 5.36. The van der Waals surface area contributed by atoms with E-state index in [1.165, 1.54) is 0 Å². The van der Waals surface area contributed by atoms with Gasteiger partial charge in [0.05, 0.1) is 0 Å². The summed E-state index contributed by atoms with van der Waals surface area (Å²) in [6.07, 6.45) is 0. The molecule has 1 rings (SSSR count). The molecule has 0 aliphatic rings. The zero-order chi connectivity index (χ0) is 10.8. The topological polar surface area (TPSA) is 24.9 Å². The van der Waals surface area contributed by atoms with E-state index in [1.807, 2.05) is 25.1 Å². The first kappa shape index (κ1) is 11.0. The van der Waals surface area contributed by atoms with Crippen LogP contribution in [0.25, 0.3) is 0 Å². The molecule has 1 atom stereocenters. The smallest absolute Gasteiger partial charge is 0.126 e. The molecule has 14 heavy (non-hydrogen) atoms. The zero-order valence-electron chi connectivity index (χ0n) is 9.76. The first-order valence-corrected chi connectivity index (χ1v) is 5.10. The van der Waals surface area contributed by atoms with Gasteiger partial charge >= 0.3 is 0 Å². The van der Waals surface area contributed by atoms with Crippen molar-refractivity contribution in [3.05, 3.63) is 23.9 Å². The molecule has 1 aromatic heterocycles. The molecule has 0 spiro atoms. The van der Waals surface area contributed by atoms with Crippen LogP contribution in [0.1, 0.15) is 33.4 Å². The van der Waals surface area contributed by atoms with E-state index in [2.05, 4.69) is 38.0 Å². The van der Waals surface area contributed by atoms with E-state index in [4.69, 9.17) is 0 Å². The molecule has 0 aliphatic heterocycles. The molecule has 2 heteroatoms. The van der Waals surface area contributed by atoms with Crippen LogP contribution in [0, 0.1) is 12.3 Å². The highest BCUT2D eigenvalue weighted by atomic mass is 15.0. The van der Waals surface area contributed by atoms with E-state index in [9.17, 15) is 0 Å². The van der Waals surface area contributed by atoms with Gasteiger partial charge in [0.2, 0.25) is 0 Å². The number of pyridine rings is 1. The molecule has 78 valence electrons. The van der Waals surface area contributed by atoms with Crippen LogP contribution < -0.4 is 5.32 Å². The molecule has 0 bridgehead atoms. The highest BCUT2D eigenvalue weighted by Gasteiger charge is 2.19. The lowest BCUT2D eigenvalue weighted by atomic mass is 9.88. The summed E-state index contributed by atoms with van der Waals surface area (Å²) >= 11 is 0. The van der Waals surface area contributed by atoms with Crippen molar-refractivity contribution in [2.45, 2.75) is 40.7 Å². The molecule has 0 amide bonds. The van der Waals surface area contributed by atoms with Crippen LogP contribution in [0.4, 0.5) is 5.82 Å². The Balaban J connectivity index is 2.70. The third-order valence-electron chi connectivity index (χ3n) is 2.55. The molecule has 0 aliphatic carbocycles. The first-order chi connectivity index (χ1) is 6.39. The van der Waals surface area contributed by atoms with Gasteiger partial charge in [-0.3, -0.25) is 0 Å². The Hall–Kier alpha value is -1.05. The van der Waals surface area contributed by atoms with Crippen molar-refractivity contribution in [1.29, 1.82) is 0 Å². The maximum absolute atomic E-state index is 4.42. The Morgan fingerprint density at radius 3 is 2.43 bits per heavy atom. The molecule has 0 aromatic carbocycles. The van der Waals surface area contributed by atoms with E-state index in [0.717, 1.165) is 11.5 Å². The van der Waals surface area contributed by atoms with Gasteiger partial charge in [-0.05, 0) is 31.4 Å². The van der Waals surface area contributed by atoms with Crippen molar-refractivity contribution in [2.24, 2.45) is 5.41 Å². The number of anilines is 1. The van der Waals surface area contributed by atoms with E-state index in [0.29, 0.717) is 6.04 Å². The second kappa shape index (κ2) is 3.99. The minimum Gasteiger partial charge on any atom is -0.367 e. The molecule has 1 heterocycles. The Morgan fingerprint density at radius 2 is 1.93 bits per heavy atom. The van der Waals surface area contributed by atoms with Gasteiger partial charge in [0.1, 0.15) is 5.82 Å². The molecular weight excluding hydrogens is 172 g/mol. The summed E-state index contributed by atoms with van der Waals surface area (Å²) in [4.78, 5) is 4.42. The standard InChI is InChI=1S/C12H20N2/c1-9-7-6-8-11(13-9)14-10(2)12(3,4)5/h6-8,10H,1-5H3,(H,13,14). The number of hydrogen-bond donors (Lipinski definition) is 1. The predicted molar refractivity (Wildman–Crippen MR) is 61.5 cm³/mol. The summed E-state index contributed by atoms with van der Waals surface area (Å²) in [7, 11) is 0. The van der Waals surface area contributed by atoms with Crippen LogP contribution in [0.2, 0.25) is 0 Å². The predicted octanol–water partition coefficient (Wildman–Crippen LogP) is 3.24. The number of hydrogen-bond acceptors (Lipinski definition) is 2. The Labute approximate surface area is 86.8 Å². The maximum Gasteiger partial charge on any atom is 0.126 e. The number of rotatable bonds is 2. The van der Waals surface area contributed by atoms with Gasteiger partial charge in [0, 0.05) is 11.7 Å². The Bertz CT molecular complexity index is 299. The van der Waals surface area contributed by atoms with Gasteiger partial charge in [-0.25, -0.2) is 4.98 Å². The summed E-state index contributed by atoms with van der Waals surface area (Å²) < 4.78 is 0. The van der Waals surface area contributed by atoms with Crippen molar-refractivity contribution in [3.63, 3.8) is 0 Å². The van der Waals surface area contributed by atoms with Crippen molar-refractivity contribution < 1.29 is 0 Å². The van der Waals surface area contributed by atoms with Crippen molar-refractivity contribution in [1.82, 2.24) is 4.98 Å². The number of aromatic nitrogens is 1. The van der Waals surface area contributed by atoms with Gasteiger partial charge in [-0.2, -0.15) is 0 Å². The molecule has 0 radical (unpaired) electrons. The molecule has 1 N–H and O–H groups in total. The normalized spacial score (nSPS) is 13.8. The van der Waals surface area contributed by atoms with Crippen molar-refractivity contribution >= 4 is 5.82 Å². The fraction of sp³-hybridized carbons (Fsp3) is 0.583. The number of aryl methyl sites for hydroxylation is 1. The van der Waals surface area contributed by atoms with Gasteiger partial charge in [0.15, 0.2) is 0 Å². The molecule has 1 aromatic rings. The molecule has 0 fully saturated rings. The van der Waals surface area contributed by atoms with Gasteiger partial charge in [0.25, 0.3) is 0 Å². The fourth-order valence-electron chi connectivity index (χ4n) is 1.06. The lowest BCUT2D eigenvalue weighted by molar-refractivity contribution is 0.358. The SMILES string of the molecule is Cc1cccc(NC(C)C(C)(C)C)n1. The quantitative estimate of drug-likeness (QED) is 0.778. The lowest BCUT2D eigenvalue weighted by Gasteiger charge is -2.28. The number of nitrogens with zero attached hydrogens (tertiary/aromatic N) is 1. The van der Waals surface area contributed by atoms with E-state index < -0.39 is 0 Å². The van der Waals surface area contributed by atoms with Gasteiger partial charge in [-0.15, -0.1) is 0 Å². The first-order valence-electron chi connectivity index (χ1n) is 5.10. The number of nitrogens with one attached hydrogen (secondary N) is 1. The Morgan fingerprint density at radius 1 is 1.29 bits per heavy atom. The third kappa shape index (κ3) is 3.02. The van der Waals surface area contributed by atoms with Crippen molar-refractivity contribution in [2.75, 3.05) is 5.32 Å². The van der Waals surface area contributed by atoms with Crippen LogP contribution >= 0.6 is 0 Å². The Kier molecular flexibility index (Phi) is 3.14. The van der Waals surface area contributed by atoms with E-state index in [1.54, 1.807) is 0 Å². The minimum atomic E-state index is 0.255. The van der Waals surface area contributed by atoms with E-state index in [-0.39, 0.29) is 5.41 Å². The third-order valence-corrected chi connectivity index (χ3v) is 2.55. The lowest BCUT2D eigenvalue weighted by Crippen LogP contribution is -2.31. The van der Waals surface area contributed by atoms with E-state index >= 15 is 0 Å². The average molecular weight is 192 g/mol. The monoisotopic (exact) mass is 192 g/mol. The van der Waals surface area contributed by atoms with Crippen LogP contribution in [0.3, 0.4) is 0 Å². The van der Waals surface area contributed by atoms with Crippen molar-refractivity contribution in [3.8, 4) is 0 Å². The summed E-state index contributed by atoms with van der Waals surface area (Å²) in [6.45, 7) is 10.9.